The van der Waals surface area contributed by atoms with Gasteiger partial charge >= 0.3 is 5.97 Å². The van der Waals surface area contributed by atoms with Gasteiger partial charge in [-0.1, -0.05) is 51.4 Å². The zero-order valence-electron chi connectivity index (χ0n) is 25.3. The first kappa shape index (κ1) is 32.7. The summed E-state index contributed by atoms with van der Waals surface area (Å²) in [7, 11) is 3.12. The third-order valence-electron chi connectivity index (χ3n) is 7.59. The van der Waals surface area contributed by atoms with Crippen molar-refractivity contribution in [3.8, 4) is 11.5 Å². The van der Waals surface area contributed by atoms with Crippen LogP contribution in [0, 0.1) is 5.41 Å². The van der Waals surface area contributed by atoms with Crippen molar-refractivity contribution >= 4 is 40.5 Å². The van der Waals surface area contributed by atoms with Crippen LogP contribution in [0.15, 0.2) is 41.8 Å². The van der Waals surface area contributed by atoms with Gasteiger partial charge in [0.05, 0.1) is 31.3 Å². The Kier molecular flexibility index (Phi) is 10.1. The van der Waals surface area contributed by atoms with E-state index in [0.29, 0.717) is 51.9 Å². The smallest absolute Gasteiger partial charge is 0.304 e. The molecule has 1 aromatic heterocycles. The fourth-order valence-corrected chi connectivity index (χ4v) is 6.41. The van der Waals surface area contributed by atoms with Crippen LogP contribution in [0.3, 0.4) is 0 Å². The Balaban J connectivity index is 1.77. The minimum absolute atomic E-state index is 0.0408. The minimum Gasteiger partial charge on any atom is -0.493 e. The molecule has 2 heterocycles. The maximum Gasteiger partial charge on any atom is 0.304 e. The number of thiazole rings is 1. The number of para-hydroxylation sites is 1. The normalized spacial score (nSPS) is 17.4. The van der Waals surface area contributed by atoms with Gasteiger partial charge in [-0.3, -0.25) is 9.59 Å². The molecule has 2 aromatic carbocycles. The third kappa shape index (κ3) is 7.32. The fraction of sp³-hybridized carbons (Fsp3) is 0.469. The molecule has 232 valence electrons. The molecule has 11 heteroatoms. The van der Waals surface area contributed by atoms with E-state index in [-0.39, 0.29) is 25.5 Å². The second-order valence-electron chi connectivity index (χ2n) is 12.2. The van der Waals surface area contributed by atoms with Crippen LogP contribution in [0.2, 0.25) is 5.02 Å². The standard InChI is InChI=1S/C32H39ClN2O7S/c1-31(2,18-36)17-35-22-11-10-19(33)14-21(22)28(20-8-7-9-23(40-5)29(20)41-6)42-24(30(35)39)12-13-26-34-25(16-43-26)32(3,4)15-27(37)38/h7-11,14,16,24,28,36H,12-13,15,17-18H2,1-6H3,(H,37,38). The number of benzene rings is 2. The Morgan fingerprint density at radius 2 is 1.88 bits per heavy atom. The molecular weight excluding hydrogens is 592 g/mol. The maximum absolute atomic E-state index is 14.3. The molecule has 4 rings (SSSR count). The Morgan fingerprint density at radius 3 is 2.53 bits per heavy atom. The number of carboxylic acids is 1. The highest BCUT2D eigenvalue weighted by Gasteiger charge is 2.40. The number of aliphatic carboxylic acids is 1. The first-order valence-electron chi connectivity index (χ1n) is 14.0. The lowest BCUT2D eigenvalue weighted by atomic mass is 9.86. The molecule has 9 nitrogen and oxygen atoms in total. The number of fused-ring (bicyclic) bond motifs is 1. The van der Waals surface area contributed by atoms with E-state index >= 15 is 0 Å². The van der Waals surface area contributed by atoms with E-state index in [1.807, 2.05) is 51.3 Å². The lowest BCUT2D eigenvalue weighted by molar-refractivity contribution is -0.138. The van der Waals surface area contributed by atoms with E-state index in [9.17, 15) is 19.8 Å². The van der Waals surface area contributed by atoms with E-state index in [1.54, 1.807) is 37.3 Å². The van der Waals surface area contributed by atoms with Crippen LogP contribution in [0.1, 0.15) is 68.5 Å². The summed E-state index contributed by atoms with van der Waals surface area (Å²) >= 11 is 7.95. The predicted molar refractivity (Wildman–Crippen MR) is 167 cm³/mol. The summed E-state index contributed by atoms with van der Waals surface area (Å²) in [6.07, 6.45) is -0.871. The molecule has 1 amide bonds. The number of hydrogen-bond acceptors (Lipinski definition) is 8. The molecule has 0 fully saturated rings. The maximum atomic E-state index is 14.3. The number of halogens is 1. The SMILES string of the molecule is COc1cccc(C2OC(CCc3nc(C(C)(C)CC(=O)O)cs3)C(=O)N(CC(C)(C)CO)c3ccc(Cl)cc32)c1OC. The number of hydrogen-bond donors (Lipinski definition) is 2. The molecule has 0 radical (unpaired) electrons. The number of carbonyl (C=O) groups excluding carboxylic acids is 1. The van der Waals surface area contributed by atoms with Crippen LogP contribution < -0.4 is 14.4 Å². The number of rotatable bonds is 12. The number of anilines is 1. The summed E-state index contributed by atoms with van der Waals surface area (Å²) < 4.78 is 18.0. The summed E-state index contributed by atoms with van der Waals surface area (Å²) in [5.41, 5.74) is 1.49. The lowest BCUT2D eigenvalue weighted by Crippen LogP contribution is -2.45. The molecule has 2 unspecified atom stereocenters. The summed E-state index contributed by atoms with van der Waals surface area (Å²) in [6, 6.07) is 10.9. The number of amides is 1. The zero-order valence-corrected chi connectivity index (χ0v) is 26.9. The van der Waals surface area contributed by atoms with Crippen molar-refractivity contribution in [1.29, 1.82) is 0 Å². The second-order valence-corrected chi connectivity index (χ2v) is 13.5. The minimum atomic E-state index is -0.887. The molecule has 3 aromatic rings. The highest BCUT2D eigenvalue weighted by Crippen LogP contribution is 2.46. The molecule has 0 spiro atoms. The summed E-state index contributed by atoms with van der Waals surface area (Å²) in [4.78, 5) is 32.1. The molecular formula is C32H39ClN2O7S. The molecule has 2 atom stereocenters. The first-order chi connectivity index (χ1) is 20.3. The number of aliphatic hydroxyl groups excluding tert-OH is 1. The summed E-state index contributed by atoms with van der Waals surface area (Å²) in [5, 5.41) is 22.6. The van der Waals surface area contributed by atoms with Gasteiger partial charge in [0.15, 0.2) is 11.5 Å². The number of ether oxygens (including phenoxy) is 3. The summed E-state index contributed by atoms with van der Waals surface area (Å²) in [6.45, 7) is 7.64. The van der Waals surface area contributed by atoms with Gasteiger partial charge < -0.3 is 29.3 Å². The second kappa shape index (κ2) is 13.2. The van der Waals surface area contributed by atoms with Crippen LogP contribution >= 0.6 is 22.9 Å². The number of carboxylic acid groups (broad SMARTS) is 1. The summed E-state index contributed by atoms with van der Waals surface area (Å²) in [5.74, 6) is -0.114. The molecule has 0 saturated carbocycles. The predicted octanol–water partition coefficient (Wildman–Crippen LogP) is 6.04. The van der Waals surface area contributed by atoms with Crippen molar-refractivity contribution in [2.24, 2.45) is 5.41 Å². The van der Waals surface area contributed by atoms with E-state index in [4.69, 9.17) is 30.8 Å². The molecule has 0 bridgehead atoms. The Labute approximate surface area is 261 Å². The van der Waals surface area contributed by atoms with Crippen molar-refractivity contribution in [1.82, 2.24) is 4.98 Å². The highest BCUT2D eigenvalue weighted by molar-refractivity contribution is 7.09. The topological polar surface area (TPSA) is 118 Å². The number of methoxy groups -OCH3 is 2. The lowest BCUT2D eigenvalue weighted by Gasteiger charge is -2.32. The van der Waals surface area contributed by atoms with E-state index in [2.05, 4.69) is 0 Å². The molecule has 0 aliphatic carbocycles. The average Bonchev–Trinajstić information content (AvgIpc) is 3.41. The van der Waals surface area contributed by atoms with Gasteiger partial charge in [-0.2, -0.15) is 0 Å². The van der Waals surface area contributed by atoms with Crippen molar-refractivity contribution in [2.75, 3.05) is 32.3 Å². The van der Waals surface area contributed by atoms with Gasteiger partial charge in [0.2, 0.25) is 0 Å². The molecule has 0 saturated heterocycles. The highest BCUT2D eigenvalue weighted by atomic mass is 35.5. The number of aliphatic hydroxyl groups is 1. The van der Waals surface area contributed by atoms with Gasteiger partial charge in [0.25, 0.3) is 5.91 Å². The van der Waals surface area contributed by atoms with Gasteiger partial charge in [-0.15, -0.1) is 11.3 Å². The first-order valence-corrected chi connectivity index (χ1v) is 15.3. The van der Waals surface area contributed by atoms with Crippen LogP contribution in [0.25, 0.3) is 0 Å². The van der Waals surface area contributed by atoms with Gasteiger partial charge in [-0.05, 0) is 30.7 Å². The van der Waals surface area contributed by atoms with Crippen LogP contribution in [0.5, 0.6) is 11.5 Å². The number of nitrogens with zero attached hydrogens (tertiary/aromatic N) is 2. The van der Waals surface area contributed by atoms with Crippen LogP contribution in [0.4, 0.5) is 5.69 Å². The van der Waals surface area contributed by atoms with Crippen molar-refractivity contribution in [2.45, 2.75) is 64.6 Å². The number of carbonyl (C=O) groups is 2. The molecule has 1 aliphatic heterocycles. The van der Waals surface area contributed by atoms with Crippen molar-refractivity contribution in [3.05, 3.63) is 68.6 Å². The van der Waals surface area contributed by atoms with E-state index in [0.717, 1.165) is 5.01 Å². The van der Waals surface area contributed by atoms with Crippen molar-refractivity contribution in [3.63, 3.8) is 0 Å². The molecule has 1 aliphatic rings. The Morgan fingerprint density at radius 1 is 1.14 bits per heavy atom. The van der Waals surface area contributed by atoms with Gasteiger partial charge in [0.1, 0.15) is 12.2 Å². The monoisotopic (exact) mass is 630 g/mol. The average molecular weight is 631 g/mol. The molecule has 43 heavy (non-hydrogen) atoms. The molecule has 2 N–H and O–H groups in total. The third-order valence-corrected chi connectivity index (χ3v) is 8.74. The largest absolute Gasteiger partial charge is 0.493 e. The van der Waals surface area contributed by atoms with E-state index in [1.165, 1.54) is 11.3 Å². The van der Waals surface area contributed by atoms with E-state index < -0.39 is 29.0 Å². The Bertz CT molecular complexity index is 1470. The number of aromatic nitrogens is 1. The fourth-order valence-electron chi connectivity index (χ4n) is 5.22. The van der Waals surface area contributed by atoms with Gasteiger partial charge in [0, 0.05) is 57.6 Å². The van der Waals surface area contributed by atoms with Crippen LogP contribution in [-0.2, 0) is 26.2 Å². The van der Waals surface area contributed by atoms with Crippen LogP contribution in [-0.4, -0.2) is 60.5 Å². The Hall–Kier alpha value is -3.18. The zero-order chi connectivity index (χ0) is 31.5. The quantitative estimate of drug-likeness (QED) is 0.249. The van der Waals surface area contributed by atoms with Gasteiger partial charge in [-0.25, -0.2) is 4.98 Å². The van der Waals surface area contributed by atoms with Crippen molar-refractivity contribution < 1.29 is 34.0 Å². The number of aryl methyl sites for hydroxylation is 1.